The molecule has 0 radical (unpaired) electrons. The molecule has 0 spiro atoms. The summed E-state index contributed by atoms with van der Waals surface area (Å²) in [5.74, 6) is 1.73. The summed E-state index contributed by atoms with van der Waals surface area (Å²) in [6.07, 6.45) is 0. The highest BCUT2D eigenvalue weighted by Crippen LogP contribution is 2.28. The van der Waals surface area contributed by atoms with Gasteiger partial charge in [0.2, 0.25) is 5.95 Å². The lowest BCUT2D eigenvalue weighted by Gasteiger charge is -2.10. The lowest BCUT2D eigenvalue weighted by molar-refractivity contribution is 0.102. The Bertz CT molecular complexity index is 1150. The first-order chi connectivity index (χ1) is 14.2. The van der Waals surface area contributed by atoms with E-state index >= 15 is 0 Å². The minimum absolute atomic E-state index is 0.186. The van der Waals surface area contributed by atoms with Gasteiger partial charge < -0.3 is 14.0 Å². The molecule has 148 valence electrons. The summed E-state index contributed by atoms with van der Waals surface area (Å²) in [5.41, 5.74) is 2.74. The van der Waals surface area contributed by atoms with E-state index in [1.165, 1.54) is 11.3 Å². The predicted molar refractivity (Wildman–Crippen MR) is 115 cm³/mol. The van der Waals surface area contributed by atoms with Gasteiger partial charge in [0.05, 0.1) is 22.5 Å². The van der Waals surface area contributed by atoms with Crippen molar-refractivity contribution in [2.45, 2.75) is 13.5 Å². The molecule has 0 atom stereocenters. The van der Waals surface area contributed by atoms with Gasteiger partial charge in [0.1, 0.15) is 6.61 Å². The van der Waals surface area contributed by atoms with E-state index in [9.17, 15) is 4.79 Å². The van der Waals surface area contributed by atoms with Gasteiger partial charge in [0.25, 0.3) is 5.91 Å². The van der Waals surface area contributed by atoms with Crippen molar-refractivity contribution < 1.29 is 14.3 Å². The normalized spacial score (nSPS) is 10.8. The van der Waals surface area contributed by atoms with Crippen molar-refractivity contribution in [1.82, 2.24) is 9.55 Å². The van der Waals surface area contributed by atoms with Gasteiger partial charge in [-0.2, -0.15) is 0 Å². The molecule has 2 aromatic heterocycles. The topological polar surface area (TPSA) is 65.4 Å². The van der Waals surface area contributed by atoms with E-state index in [1.54, 1.807) is 0 Å². The maximum atomic E-state index is 12.7. The van der Waals surface area contributed by atoms with E-state index in [0.717, 1.165) is 16.6 Å². The Morgan fingerprint density at radius 2 is 1.83 bits per heavy atom. The number of carbonyl (C=O) groups is 1. The largest absolute Gasteiger partial charge is 0.490 e. The van der Waals surface area contributed by atoms with Gasteiger partial charge in [-0.3, -0.25) is 10.1 Å². The highest BCUT2D eigenvalue weighted by molar-refractivity contribution is 7.12. The number of anilines is 1. The molecule has 0 aliphatic carbocycles. The number of thiophene rings is 1. The van der Waals surface area contributed by atoms with Gasteiger partial charge in [-0.05, 0) is 42.6 Å². The number of hydrogen-bond donors (Lipinski definition) is 1. The van der Waals surface area contributed by atoms with Crippen LogP contribution < -0.4 is 14.8 Å². The fraction of sp³-hybridized carbons (Fsp3) is 0.182. The lowest BCUT2D eigenvalue weighted by atomic mass is 10.3. The molecule has 0 fully saturated rings. The number of para-hydroxylation sites is 4. The molecule has 2 aromatic carbocycles. The molecule has 1 N–H and O–H groups in total. The SMILES string of the molecule is CCOc1ccccc1OCc1csc(C(=O)Nc2nc3ccccc3n2C)c1. The predicted octanol–water partition coefficient (Wildman–Crippen LogP) is 4.86. The summed E-state index contributed by atoms with van der Waals surface area (Å²) in [6, 6.07) is 17.2. The first-order valence-electron chi connectivity index (χ1n) is 9.30. The molecule has 0 aliphatic heterocycles. The molecule has 0 saturated carbocycles. The Kier molecular flexibility index (Phi) is 5.48. The van der Waals surface area contributed by atoms with Crippen LogP contribution in [0.3, 0.4) is 0 Å². The van der Waals surface area contributed by atoms with Crippen LogP contribution in [0.25, 0.3) is 11.0 Å². The number of nitrogens with one attached hydrogen (secondary N) is 1. The number of benzene rings is 2. The van der Waals surface area contributed by atoms with Crippen molar-refractivity contribution >= 4 is 34.2 Å². The number of carbonyl (C=O) groups excluding carboxylic acids is 1. The van der Waals surface area contributed by atoms with Crippen LogP contribution >= 0.6 is 11.3 Å². The first kappa shape index (κ1) is 19.0. The molecule has 1 amide bonds. The minimum Gasteiger partial charge on any atom is -0.490 e. The van der Waals surface area contributed by atoms with Gasteiger partial charge in [0.15, 0.2) is 11.5 Å². The van der Waals surface area contributed by atoms with Gasteiger partial charge >= 0.3 is 0 Å². The molecule has 4 rings (SSSR count). The molecule has 29 heavy (non-hydrogen) atoms. The summed E-state index contributed by atoms with van der Waals surface area (Å²) in [4.78, 5) is 17.7. The number of aryl methyl sites for hydroxylation is 1. The third-order valence-electron chi connectivity index (χ3n) is 4.43. The Labute approximate surface area is 172 Å². The molecular weight excluding hydrogens is 386 g/mol. The zero-order chi connectivity index (χ0) is 20.2. The maximum absolute atomic E-state index is 12.7. The van der Waals surface area contributed by atoms with Gasteiger partial charge in [-0.1, -0.05) is 24.3 Å². The summed E-state index contributed by atoms with van der Waals surface area (Å²) in [7, 11) is 1.88. The van der Waals surface area contributed by atoms with Crippen molar-refractivity contribution in [2.75, 3.05) is 11.9 Å². The number of amides is 1. The average molecular weight is 407 g/mol. The van der Waals surface area contributed by atoms with E-state index in [2.05, 4.69) is 10.3 Å². The number of hydrogen-bond acceptors (Lipinski definition) is 5. The van der Waals surface area contributed by atoms with E-state index in [1.807, 2.05) is 78.5 Å². The van der Waals surface area contributed by atoms with Gasteiger partial charge in [-0.15, -0.1) is 11.3 Å². The number of aromatic nitrogens is 2. The molecular formula is C22H21N3O3S. The van der Waals surface area contributed by atoms with Crippen LogP contribution in [0, 0.1) is 0 Å². The van der Waals surface area contributed by atoms with Crippen LogP contribution in [0.4, 0.5) is 5.95 Å². The Morgan fingerprint density at radius 3 is 2.59 bits per heavy atom. The smallest absolute Gasteiger partial charge is 0.268 e. The third-order valence-corrected chi connectivity index (χ3v) is 5.41. The van der Waals surface area contributed by atoms with Crippen LogP contribution in [0.1, 0.15) is 22.2 Å². The number of nitrogens with zero attached hydrogens (tertiary/aromatic N) is 2. The van der Waals surface area contributed by atoms with Crippen molar-refractivity contribution in [3.05, 3.63) is 70.4 Å². The van der Waals surface area contributed by atoms with Crippen LogP contribution in [-0.2, 0) is 13.7 Å². The molecule has 0 aliphatic rings. The van der Waals surface area contributed by atoms with Crippen molar-refractivity contribution in [3.8, 4) is 11.5 Å². The molecule has 2 heterocycles. The summed E-state index contributed by atoms with van der Waals surface area (Å²) in [6.45, 7) is 2.87. The van der Waals surface area contributed by atoms with Crippen molar-refractivity contribution in [1.29, 1.82) is 0 Å². The summed E-state index contributed by atoms with van der Waals surface area (Å²) < 4.78 is 13.3. The summed E-state index contributed by atoms with van der Waals surface area (Å²) in [5, 5.41) is 4.82. The lowest BCUT2D eigenvalue weighted by Crippen LogP contribution is -2.13. The van der Waals surface area contributed by atoms with Gasteiger partial charge in [-0.25, -0.2) is 4.98 Å². The zero-order valence-electron chi connectivity index (χ0n) is 16.2. The van der Waals surface area contributed by atoms with Crippen LogP contribution in [0.15, 0.2) is 60.0 Å². The highest BCUT2D eigenvalue weighted by atomic mass is 32.1. The first-order valence-corrected chi connectivity index (χ1v) is 10.2. The maximum Gasteiger partial charge on any atom is 0.268 e. The Balaban J connectivity index is 1.43. The third kappa shape index (κ3) is 4.09. The van der Waals surface area contributed by atoms with Crippen LogP contribution in [0.2, 0.25) is 0 Å². The molecule has 7 heteroatoms. The fourth-order valence-electron chi connectivity index (χ4n) is 3.00. The van der Waals surface area contributed by atoms with E-state index < -0.39 is 0 Å². The minimum atomic E-state index is -0.186. The monoisotopic (exact) mass is 407 g/mol. The molecule has 4 aromatic rings. The van der Waals surface area contributed by atoms with Crippen molar-refractivity contribution in [3.63, 3.8) is 0 Å². The fourth-order valence-corrected chi connectivity index (χ4v) is 3.79. The van der Waals surface area contributed by atoms with Crippen molar-refractivity contribution in [2.24, 2.45) is 7.05 Å². The quantitative estimate of drug-likeness (QED) is 0.475. The second kappa shape index (κ2) is 8.36. The van der Waals surface area contributed by atoms with E-state index in [4.69, 9.17) is 9.47 Å². The number of imidazole rings is 1. The zero-order valence-corrected chi connectivity index (χ0v) is 17.0. The Morgan fingerprint density at radius 1 is 1.10 bits per heavy atom. The molecule has 0 saturated heterocycles. The second-order valence-electron chi connectivity index (χ2n) is 6.42. The van der Waals surface area contributed by atoms with Crippen LogP contribution in [-0.4, -0.2) is 22.1 Å². The number of fused-ring (bicyclic) bond motifs is 1. The molecule has 0 bridgehead atoms. The van der Waals surface area contributed by atoms with E-state index in [0.29, 0.717) is 35.5 Å². The van der Waals surface area contributed by atoms with E-state index in [-0.39, 0.29) is 5.91 Å². The number of rotatable bonds is 7. The standard InChI is InChI=1S/C22H21N3O3S/c1-3-27-18-10-6-7-11-19(18)28-13-15-12-20(29-14-15)21(26)24-22-23-16-8-4-5-9-17(16)25(22)2/h4-12,14H,3,13H2,1-2H3,(H,23,24,26). The molecule has 0 unspecified atom stereocenters. The summed E-state index contributed by atoms with van der Waals surface area (Å²) >= 11 is 1.38. The van der Waals surface area contributed by atoms with Gasteiger partial charge in [0, 0.05) is 12.6 Å². The van der Waals surface area contributed by atoms with Crippen LogP contribution in [0.5, 0.6) is 11.5 Å². The Hall–Kier alpha value is -3.32. The second-order valence-corrected chi connectivity index (χ2v) is 7.34. The number of ether oxygens (including phenoxy) is 2. The highest BCUT2D eigenvalue weighted by Gasteiger charge is 2.14. The molecule has 6 nitrogen and oxygen atoms in total. The average Bonchev–Trinajstić information content (AvgIpc) is 3.33.